The van der Waals surface area contributed by atoms with Gasteiger partial charge in [0.15, 0.2) is 5.78 Å². The molecule has 2 aliphatic heterocycles. The molecule has 4 rings (SSSR count). The van der Waals surface area contributed by atoms with Crippen molar-refractivity contribution in [1.82, 2.24) is 5.32 Å². The third-order valence-corrected chi connectivity index (χ3v) is 7.08. The summed E-state index contributed by atoms with van der Waals surface area (Å²) in [4.78, 5) is 27.7. The smallest absolute Gasteiger partial charge is 0.336 e. The van der Waals surface area contributed by atoms with Gasteiger partial charge in [0.05, 0.1) is 11.7 Å². The van der Waals surface area contributed by atoms with Crippen molar-refractivity contribution in [3.63, 3.8) is 0 Å². The molecule has 0 bridgehead atoms. The van der Waals surface area contributed by atoms with Crippen molar-refractivity contribution in [3.05, 3.63) is 52.4 Å². The van der Waals surface area contributed by atoms with Gasteiger partial charge in [-0.2, -0.15) is 0 Å². The molecule has 5 nitrogen and oxygen atoms in total. The molecule has 0 aromatic heterocycles. The number of rotatable bonds is 5. The van der Waals surface area contributed by atoms with E-state index in [9.17, 15) is 9.59 Å². The van der Waals surface area contributed by atoms with E-state index in [1.54, 1.807) is 11.8 Å². The van der Waals surface area contributed by atoms with E-state index in [0.29, 0.717) is 17.6 Å². The zero-order chi connectivity index (χ0) is 22.2. The Morgan fingerprint density at radius 3 is 2.65 bits per heavy atom. The number of thioether (sulfide) groups is 1. The quantitative estimate of drug-likeness (QED) is 0.526. The fourth-order valence-electron chi connectivity index (χ4n) is 4.86. The maximum atomic E-state index is 13.3. The monoisotopic (exact) mass is 441 g/mol. The molecule has 0 radical (unpaired) electrons. The fraction of sp³-hybridized carbons (Fsp3) is 0.520. The largest absolute Gasteiger partial charge is 0.459 e. The van der Waals surface area contributed by atoms with Crippen LogP contribution >= 0.6 is 11.8 Å². The number of hydrogen-bond donors (Lipinski definition) is 1. The molecule has 6 heteroatoms. The third kappa shape index (κ3) is 4.60. The van der Waals surface area contributed by atoms with Crippen LogP contribution in [0.2, 0.25) is 0 Å². The predicted octanol–water partition coefficient (Wildman–Crippen LogP) is 4.73. The van der Waals surface area contributed by atoms with Gasteiger partial charge in [-0.15, -0.1) is 11.8 Å². The zero-order valence-corrected chi connectivity index (χ0v) is 19.6. The van der Waals surface area contributed by atoms with E-state index in [1.807, 2.05) is 37.4 Å². The van der Waals surface area contributed by atoms with Gasteiger partial charge in [-0.25, -0.2) is 4.79 Å². The van der Waals surface area contributed by atoms with Crippen LogP contribution in [0.5, 0.6) is 0 Å². The summed E-state index contributed by atoms with van der Waals surface area (Å²) in [5.41, 5.74) is 3.79. The number of dihydropyridines is 1. The molecule has 1 saturated heterocycles. The van der Waals surface area contributed by atoms with Gasteiger partial charge < -0.3 is 14.8 Å². The number of benzene rings is 1. The van der Waals surface area contributed by atoms with Gasteiger partial charge in [0, 0.05) is 40.8 Å². The molecular weight excluding hydrogens is 410 g/mol. The number of carbonyl (C=O) groups excluding carboxylic acids is 2. The molecular formula is C25H31NO4S. The molecule has 1 aliphatic carbocycles. The van der Waals surface area contributed by atoms with Gasteiger partial charge >= 0.3 is 5.97 Å². The minimum absolute atomic E-state index is 0.0346. The minimum Gasteiger partial charge on any atom is -0.459 e. The first-order chi connectivity index (χ1) is 14.8. The lowest BCUT2D eigenvalue weighted by atomic mass is 9.68. The highest BCUT2D eigenvalue weighted by atomic mass is 32.2. The number of hydrogen-bond acceptors (Lipinski definition) is 6. The number of carbonyl (C=O) groups is 2. The van der Waals surface area contributed by atoms with Gasteiger partial charge in [0.25, 0.3) is 0 Å². The summed E-state index contributed by atoms with van der Waals surface area (Å²) in [6.07, 6.45) is 5.16. The van der Waals surface area contributed by atoms with Crippen molar-refractivity contribution < 1.29 is 19.1 Å². The molecule has 1 N–H and O–H groups in total. The van der Waals surface area contributed by atoms with Crippen molar-refractivity contribution in [2.75, 3.05) is 19.5 Å². The van der Waals surface area contributed by atoms with Crippen LogP contribution in [-0.2, 0) is 19.1 Å². The molecule has 166 valence electrons. The average Bonchev–Trinajstić information content (AvgIpc) is 3.24. The normalized spacial score (nSPS) is 25.4. The predicted molar refractivity (Wildman–Crippen MR) is 122 cm³/mol. The van der Waals surface area contributed by atoms with Crippen molar-refractivity contribution in [1.29, 1.82) is 0 Å². The van der Waals surface area contributed by atoms with Crippen LogP contribution in [0.25, 0.3) is 0 Å². The second-order valence-electron chi connectivity index (χ2n) is 9.44. The van der Waals surface area contributed by atoms with E-state index in [4.69, 9.17) is 9.47 Å². The number of Topliss-reactive ketones (excluding diaryl/α,β-unsaturated/α-hetero) is 1. The summed E-state index contributed by atoms with van der Waals surface area (Å²) in [6.45, 7) is 7.10. The molecule has 0 spiro atoms. The van der Waals surface area contributed by atoms with Crippen LogP contribution < -0.4 is 5.32 Å². The second-order valence-corrected chi connectivity index (χ2v) is 10.3. The van der Waals surface area contributed by atoms with Crippen LogP contribution in [-0.4, -0.2) is 37.3 Å². The van der Waals surface area contributed by atoms with E-state index in [2.05, 4.69) is 19.2 Å². The Kier molecular flexibility index (Phi) is 6.31. The maximum absolute atomic E-state index is 13.3. The second kappa shape index (κ2) is 8.83. The molecule has 0 amide bonds. The van der Waals surface area contributed by atoms with Crippen LogP contribution in [0, 0.1) is 5.41 Å². The Bertz CT molecular complexity index is 939. The van der Waals surface area contributed by atoms with E-state index in [1.165, 1.54) is 0 Å². The lowest BCUT2D eigenvalue weighted by molar-refractivity contribution is -0.142. The molecule has 1 fully saturated rings. The van der Waals surface area contributed by atoms with Crippen LogP contribution in [0.15, 0.2) is 51.7 Å². The highest BCUT2D eigenvalue weighted by Crippen LogP contribution is 2.47. The van der Waals surface area contributed by atoms with Gasteiger partial charge in [0.2, 0.25) is 0 Å². The Balaban J connectivity index is 1.71. The van der Waals surface area contributed by atoms with Crippen molar-refractivity contribution in [2.45, 2.75) is 63.4 Å². The first-order valence-corrected chi connectivity index (χ1v) is 12.2. The zero-order valence-electron chi connectivity index (χ0n) is 18.7. The summed E-state index contributed by atoms with van der Waals surface area (Å²) in [6, 6.07) is 8.15. The summed E-state index contributed by atoms with van der Waals surface area (Å²) in [7, 11) is 0. The number of nitrogens with one attached hydrogen (secondary N) is 1. The van der Waals surface area contributed by atoms with Crippen molar-refractivity contribution >= 4 is 23.5 Å². The molecule has 0 saturated carbocycles. The first-order valence-electron chi connectivity index (χ1n) is 11.0. The first kappa shape index (κ1) is 22.2. The van der Waals surface area contributed by atoms with Gasteiger partial charge in [-0.3, -0.25) is 4.79 Å². The van der Waals surface area contributed by atoms with E-state index < -0.39 is 5.92 Å². The minimum atomic E-state index is -0.409. The molecule has 2 atom stereocenters. The van der Waals surface area contributed by atoms with Gasteiger partial charge in [-0.1, -0.05) is 26.0 Å². The Labute approximate surface area is 188 Å². The Morgan fingerprint density at radius 1 is 1.26 bits per heavy atom. The Hall–Kier alpha value is -2.05. The average molecular weight is 442 g/mol. The van der Waals surface area contributed by atoms with E-state index in [-0.39, 0.29) is 29.9 Å². The standard InChI is InChI=1S/C25H31NO4S/c1-15-21(24(28)30-14-17-6-5-11-29-17)22(16-7-9-18(31-4)10-8-16)23-19(26-15)12-25(2,3)13-20(23)27/h7-10,17,22,26H,5-6,11-14H2,1-4H3/t17-,22-/m1/s1. The topological polar surface area (TPSA) is 64.6 Å². The highest BCUT2D eigenvalue weighted by Gasteiger charge is 2.43. The Morgan fingerprint density at radius 2 is 2.00 bits per heavy atom. The lowest BCUT2D eigenvalue weighted by Gasteiger charge is -2.39. The van der Waals surface area contributed by atoms with Crippen LogP contribution in [0.4, 0.5) is 0 Å². The number of allylic oxidation sites excluding steroid dienone is 3. The van der Waals surface area contributed by atoms with E-state index in [0.717, 1.165) is 47.7 Å². The number of ether oxygens (including phenoxy) is 2. The molecule has 31 heavy (non-hydrogen) atoms. The third-order valence-electron chi connectivity index (χ3n) is 6.33. The molecule has 1 aromatic carbocycles. The maximum Gasteiger partial charge on any atom is 0.336 e. The number of ketones is 1. The summed E-state index contributed by atoms with van der Waals surface area (Å²) < 4.78 is 11.3. The van der Waals surface area contributed by atoms with Gasteiger partial charge in [0.1, 0.15) is 6.61 Å². The SMILES string of the molecule is CSc1ccc([C@@H]2C(C(=O)OC[C@H]3CCCO3)=C(C)NC3=C2C(=O)CC(C)(C)C3)cc1. The molecule has 1 aromatic rings. The molecule has 3 aliphatic rings. The summed E-state index contributed by atoms with van der Waals surface area (Å²) in [5, 5.41) is 3.39. The van der Waals surface area contributed by atoms with Gasteiger partial charge in [-0.05, 0) is 55.6 Å². The molecule has 0 unspecified atom stereocenters. The fourth-order valence-corrected chi connectivity index (χ4v) is 5.27. The summed E-state index contributed by atoms with van der Waals surface area (Å²) in [5.74, 6) is -0.675. The highest BCUT2D eigenvalue weighted by molar-refractivity contribution is 7.98. The summed E-state index contributed by atoms with van der Waals surface area (Å²) >= 11 is 1.67. The van der Waals surface area contributed by atoms with Crippen LogP contribution in [0.1, 0.15) is 57.9 Å². The van der Waals surface area contributed by atoms with Crippen molar-refractivity contribution in [2.24, 2.45) is 5.41 Å². The number of esters is 1. The van der Waals surface area contributed by atoms with Crippen LogP contribution in [0.3, 0.4) is 0 Å². The van der Waals surface area contributed by atoms with E-state index >= 15 is 0 Å². The lowest BCUT2D eigenvalue weighted by Crippen LogP contribution is -2.39. The molecule has 2 heterocycles. The van der Waals surface area contributed by atoms with Crippen molar-refractivity contribution in [3.8, 4) is 0 Å².